The maximum atomic E-state index is 12.6. The summed E-state index contributed by atoms with van der Waals surface area (Å²) in [6.07, 6.45) is 7.95. The van der Waals surface area contributed by atoms with Crippen LogP contribution in [0, 0.1) is 5.92 Å². The largest absolute Gasteiger partial charge is 0.460 e. The van der Waals surface area contributed by atoms with Crippen molar-refractivity contribution in [3.8, 4) is 0 Å². The van der Waals surface area contributed by atoms with E-state index in [1.54, 1.807) is 0 Å². The zero-order valence-electron chi connectivity index (χ0n) is 17.5. The maximum absolute atomic E-state index is 12.6. The molecule has 1 N–H and O–H groups in total. The molecule has 0 bridgehead atoms. The van der Waals surface area contributed by atoms with E-state index in [9.17, 15) is 9.59 Å². The van der Waals surface area contributed by atoms with Gasteiger partial charge in [0.15, 0.2) is 0 Å². The lowest BCUT2D eigenvalue weighted by molar-refractivity contribution is -0.166. The van der Waals surface area contributed by atoms with Crippen LogP contribution < -0.4 is 5.48 Å². The van der Waals surface area contributed by atoms with Crippen molar-refractivity contribution in [3.63, 3.8) is 0 Å². The van der Waals surface area contributed by atoms with Gasteiger partial charge in [0.2, 0.25) is 0 Å². The molecule has 1 aromatic carbocycles. The summed E-state index contributed by atoms with van der Waals surface area (Å²) in [5.74, 6) is -1.20. The molecule has 0 spiro atoms. The summed E-state index contributed by atoms with van der Waals surface area (Å²) in [5.41, 5.74) is 3.60. The Bertz CT molecular complexity index is 603. The van der Waals surface area contributed by atoms with E-state index in [4.69, 9.17) is 9.57 Å². The Morgan fingerprint density at radius 3 is 2.43 bits per heavy atom. The number of ether oxygens (including phenoxy) is 1. The number of nitrogens with one attached hydrogen (secondary N) is 1. The van der Waals surface area contributed by atoms with Gasteiger partial charge in [-0.2, -0.15) is 5.48 Å². The maximum Gasteiger partial charge on any atom is 0.328 e. The number of esters is 1. The van der Waals surface area contributed by atoms with Gasteiger partial charge >= 0.3 is 11.9 Å². The van der Waals surface area contributed by atoms with Crippen LogP contribution in [0.25, 0.3) is 0 Å². The molecule has 1 aliphatic carbocycles. The fourth-order valence-electron chi connectivity index (χ4n) is 3.53. The van der Waals surface area contributed by atoms with Gasteiger partial charge in [0, 0.05) is 6.04 Å². The van der Waals surface area contributed by atoms with Gasteiger partial charge in [-0.25, -0.2) is 0 Å². The van der Waals surface area contributed by atoms with E-state index in [-0.39, 0.29) is 24.4 Å². The monoisotopic (exact) mass is 389 g/mol. The number of hydrogen-bond donors (Lipinski definition) is 1. The Balaban J connectivity index is 1.87. The van der Waals surface area contributed by atoms with E-state index in [0.717, 1.165) is 38.5 Å². The first-order valence-electron chi connectivity index (χ1n) is 10.6. The van der Waals surface area contributed by atoms with E-state index in [1.165, 1.54) is 12.0 Å². The zero-order chi connectivity index (χ0) is 20.4. The van der Waals surface area contributed by atoms with Gasteiger partial charge in [-0.3, -0.25) is 9.59 Å². The minimum Gasteiger partial charge on any atom is -0.460 e. The van der Waals surface area contributed by atoms with Crippen LogP contribution in [0.5, 0.6) is 0 Å². The first-order valence-corrected chi connectivity index (χ1v) is 10.6. The molecular weight excluding hydrogens is 354 g/mol. The predicted molar refractivity (Wildman–Crippen MR) is 109 cm³/mol. The van der Waals surface area contributed by atoms with Crippen LogP contribution >= 0.6 is 0 Å². The molecule has 1 aromatic rings. The van der Waals surface area contributed by atoms with Crippen LogP contribution in [0.2, 0.25) is 0 Å². The molecule has 5 heteroatoms. The Labute approximate surface area is 169 Å². The molecule has 1 unspecified atom stereocenters. The van der Waals surface area contributed by atoms with Crippen LogP contribution in [0.1, 0.15) is 77.7 Å². The third-order valence-corrected chi connectivity index (χ3v) is 4.96. The number of aryl methyl sites for hydroxylation is 1. The molecule has 28 heavy (non-hydrogen) atoms. The van der Waals surface area contributed by atoms with E-state index < -0.39 is 11.5 Å². The minimum atomic E-state index is -0.560. The van der Waals surface area contributed by atoms with Crippen LogP contribution in [0.4, 0.5) is 0 Å². The summed E-state index contributed by atoms with van der Waals surface area (Å²) in [7, 11) is 0. The lowest BCUT2D eigenvalue weighted by atomic mass is 9.96. The fraction of sp³-hybridized carbons (Fsp3) is 0.652. The van der Waals surface area contributed by atoms with Crippen molar-refractivity contribution in [1.82, 2.24) is 5.48 Å². The highest BCUT2D eigenvalue weighted by Crippen LogP contribution is 2.20. The molecule has 1 atom stereocenters. The second-order valence-corrected chi connectivity index (χ2v) is 8.74. The second-order valence-electron chi connectivity index (χ2n) is 8.74. The van der Waals surface area contributed by atoms with Gasteiger partial charge in [0.05, 0.1) is 12.3 Å². The molecule has 0 aliphatic heterocycles. The molecule has 0 amide bonds. The highest BCUT2D eigenvalue weighted by Gasteiger charge is 2.27. The standard InChI is InChI=1S/C23H35NO4/c1-23(2,3)27-21(25)17-19(14-10-13-18-11-6-4-7-12-18)22(26)28-24-20-15-8-5-9-16-20/h4,6-7,11-12,19-20,24H,5,8-10,13-17H2,1-3H3. The number of rotatable bonds is 9. The summed E-state index contributed by atoms with van der Waals surface area (Å²) in [5, 5.41) is 0. The zero-order valence-corrected chi connectivity index (χ0v) is 17.5. The van der Waals surface area contributed by atoms with E-state index >= 15 is 0 Å². The predicted octanol–water partition coefficient (Wildman–Crippen LogP) is 4.74. The second kappa shape index (κ2) is 11.2. The van der Waals surface area contributed by atoms with E-state index in [1.807, 2.05) is 39.0 Å². The van der Waals surface area contributed by atoms with Gasteiger partial charge in [-0.15, -0.1) is 0 Å². The molecule has 0 radical (unpaired) electrons. The molecule has 1 aliphatic rings. The van der Waals surface area contributed by atoms with Crippen LogP contribution in [0.15, 0.2) is 30.3 Å². The highest BCUT2D eigenvalue weighted by molar-refractivity contribution is 5.80. The molecule has 2 rings (SSSR count). The normalized spacial score (nSPS) is 16.4. The molecular formula is C23H35NO4. The van der Waals surface area contributed by atoms with Crippen molar-refractivity contribution < 1.29 is 19.2 Å². The summed E-state index contributed by atoms with van der Waals surface area (Å²) in [6, 6.07) is 10.4. The Morgan fingerprint density at radius 2 is 1.79 bits per heavy atom. The van der Waals surface area contributed by atoms with Crippen LogP contribution in [-0.4, -0.2) is 23.6 Å². The lowest BCUT2D eigenvalue weighted by Gasteiger charge is -2.24. The average molecular weight is 390 g/mol. The lowest BCUT2D eigenvalue weighted by Crippen LogP contribution is -2.36. The number of carbonyl (C=O) groups excluding carboxylic acids is 2. The quantitative estimate of drug-likeness (QED) is 0.488. The molecule has 0 heterocycles. The summed E-state index contributed by atoms with van der Waals surface area (Å²) in [4.78, 5) is 30.3. The number of benzene rings is 1. The fourth-order valence-corrected chi connectivity index (χ4v) is 3.53. The smallest absolute Gasteiger partial charge is 0.328 e. The molecule has 0 aromatic heterocycles. The minimum absolute atomic E-state index is 0.0528. The van der Waals surface area contributed by atoms with Gasteiger partial charge in [-0.1, -0.05) is 49.6 Å². The summed E-state index contributed by atoms with van der Waals surface area (Å²) < 4.78 is 5.41. The van der Waals surface area contributed by atoms with E-state index in [2.05, 4.69) is 17.6 Å². The van der Waals surface area contributed by atoms with Crippen molar-refractivity contribution in [1.29, 1.82) is 0 Å². The van der Waals surface area contributed by atoms with Crippen LogP contribution in [0.3, 0.4) is 0 Å². The SMILES string of the molecule is CC(C)(C)OC(=O)CC(CCCc1ccccc1)C(=O)ONC1CCCCC1. The Morgan fingerprint density at radius 1 is 1.11 bits per heavy atom. The summed E-state index contributed by atoms with van der Waals surface area (Å²) in [6.45, 7) is 5.49. The van der Waals surface area contributed by atoms with Gasteiger partial charge in [0.1, 0.15) is 5.60 Å². The van der Waals surface area contributed by atoms with Crippen molar-refractivity contribution >= 4 is 11.9 Å². The number of hydroxylamine groups is 1. The van der Waals surface area contributed by atoms with Gasteiger partial charge in [-0.05, 0) is 58.4 Å². The van der Waals surface area contributed by atoms with Gasteiger partial charge < -0.3 is 9.57 Å². The summed E-state index contributed by atoms with van der Waals surface area (Å²) >= 11 is 0. The van der Waals surface area contributed by atoms with Gasteiger partial charge in [0.25, 0.3) is 0 Å². The number of carbonyl (C=O) groups is 2. The third kappa shape index (κ3) is 8.87. The van der Waals surface area contributed by atoms with Crippen LogP contribution in [-0.2, 0) is 25.6 Å². The van der Waals surface area contributed by atoms with Crippen molar-refractivity contribution in [2.24, 2.45) is 5.92 Å². The van der Waals surface area contributed by atoms with Crippen molar-refractivity contribution in [2.75, 3.05) is 0 Å². The molecule has 156 valence electrons. The topological polar surface area (TPSA) is 64.6 Å². The number of hydrogen-bond acceptors (Lipinski definition) is 5. The first-order chi connectivity index (χ1) is 13.3. The molecule has 1 saturated carbocycles. The first kappa shape index (κ1) is 22.4. The molecule has 5 nitrogen and oxygen atoms in total. The average Bonchev–Trinajstić information content (AvgIpc) is 2.65. The molecule has 0 saturated heterocycles. The third-order valence-electron chi connectivity index (χ3n) is 4.96. The van der Waals surface area contributed by atoms with Crippen molar-refractivity contribution in [3.05, 3.63) is 35.9 Å². The molecule has 1 fully saturated rings. The Hall–Kier alpha value is -1.88. The van der Waals surface area contributed by atoms with E-state index in [0.29, 0.717) is 6.42 Å². The Kier molecular flexibility index (Phi) is 8.97. The van der Waals surface area contributed by atoms with Crippen molar-refractivity contribution in [2.45, 2.75) is 90.2 Å². The highest BCUT2D eigenvalue weighted by atomic mass is 16.7.